The largest absolute Gasteiger partial charge is 0.496 e. The van der Waals surface area contributed by atoms with E-state index in [0.29, 0.717) is 33.8 Å². The highest BCUT2D eigenvalue weighted by molar-refractivity contribution is 5.95. The summed E-state index contributed by atoms with van der Waals surface area (Å²) in [5.74, 6) is -0.509. The van der Waals surface area contributed by atoms with Crippen molar-refractivity contribution in [3.63, 3.8) is 0 Å². The van der Waals surface area contributed by atoms with E-state index in [1.165, 1.54) is 7.11 Å². The minimum absolute atomic E-state index is 0.0185. The lowest BCUT2D eigenvalue weighted by Crippen LogP contribution is -2.22. The van der Waals surface area contributed by atoms with Gasteiger partial charge in [-0.15, -0.1) is 0 Å². The third-order valence-electron chi connectivity index (χ3n) is 4.94. The Bertz CT molecular complexity index is 1150. The van der Waals surface area contributed by atoms with Crippen molar-refractivity contribution in [2.75, 3.05) is 31.4 Å². The van der Waals surface area contributed by atoms with Crippen LogP contribution in [0.1, 0.15) is 17.2 Å². The molecular formula is C24H26N4O5. The van der Waals surface area contributed by atoms with Crippen LogP contribution in [0.25, 0.3) is 11.1 Å². The van der Waals surface area contributed by atoms with E-state index in [-0.39, 0.29) is 24.8 Å². The number of carboxylic acids is 1. The van der Waals surface area contributed by atoms with Gasteiger partial charge in [0.15, 0.2) is 6.04 Å². The summed E-state index contributed by atoms with van der Waals surface area (Å²) in [4.78, 5) is 12.2. The molecule has 33 heavy (non-hydrogen) atoms. The fourth-order valence-electron chi connectivity index (χ4n) is 3.37. The Labute approximate surface area is 191 Å². The number of ether oxygens (including phenoxy) is 2. The third-order valence-corrected chi connectivity index (χ3v) is 4.94. The number of hydrogen-bond acceptors (Lipinski definition) is 7. The van der Waals surface area contributed by atoms with Crippen LogP contribution in [0.5, 0.6) is 11.5 Å². The Kier molecular flexibility index (Phi) is 7.37. The van der Waals surface area contributed by atoms with Gasteiger partial charge in [0.25, 0.3) is 0 Å². The van der Waals surface area contributed by atoms with E-state index in [2.05, 4.69) is 5.32 Å². The van der Waals surface area contributed by atoms with Gasteiger partial charge in [0, 0.05) is 28.1 Å². The molecule has 0 aliphatic carbocycles. The summed E-state index contributed by atoms with van der Waals surface area (Å²) in [7, 11) is 1.49. The Balaban J connectivity index is 2.08. The zero-order valence-corrected chi connectivity index (χ0v) is 18.0. The zero-order chi connectivity index (χ0) is 24.0. The molecule has 0 heterocycles. The number of benzene rings is 3. The zero-order valence-electron chi connectivity index (χ0n) is 18.0. The number of amidine groups is 1. The van der Waals surface area contributed by atoms with Gasteiger partial charge in [0.05, 0.1) is 13.7 Å². The predicted molar refractivity (Wildman–Crippen MR) is 127 cm³/mol. The number of nitrogens with one attached hydrogen (secondary N) is 2. The maximum atomic E-state index is 12.2. The number of carboxylic acid groups (broad SMARTS) is 1. The first-order chi connectivity index (χ1) is 15.8. The maximum Gasteiger partial charge on any atom is 0.330 e. The molecule has 8 N–H and O–H groups in total. The van der Waals surface area contributed by atoms with E-state index in [0.717, 1.165) is 5.56 Å². The average Bonchev–Trinajstić information content (AvgIpc) is 2.80. The van der Waals surface area contributed by atoms with Crippen LogP contribution in [0.3, 0.4) is 0 Å². The molecular weight excluding hydrogens is 424 g/mol. The first-order valence-electron chi connectivity index (χ1n) is 10.1. The number of carbonyl (C=O) groups is 1. The molecule has 0 bridgehead atoms. The van der Waals surface area contributed by atoms with E-state index < -0.39 is 12.0 Å². The van der Waals surface area contributed by atoms with Gasteiger partial charge in [0.2, 0.25) is 0 Å². The highest BCUT2D eigenvalue weighted by atomic mass is 16.5. The van der Waals surface area contributed by atoms with Crippen molar-refractivity contribution >= 4 is 23.2 Å². The van der Waals surface area contributed by atoms with Crippen LogP contribution in [-0.4, -0.2) is 42.3 Å². The smallest absolute Gasteiger partial charge is 0.330 e. The number of hydrogen-bond donors (Lipinski definition) is 6. The van der Waals surface area contributed by atoms with Crippen molar-refractivity contribution in [2.24, 2.45) is 5.73 Å². The van der Waals surface area contributed by atoms with Crippen LogP contribution in [0.2, 0.25) is 0 Å². The number of anilines is 2. The van der Waals surface area contributed by atoms with Gasteiger partial charge in [-0.05, 0) is 54.1 Å². The van der Waals surface area contributed by atoms with Crippen LogP contribution in [0.15, 0.2) is 60.7 Å². The number of rotatable bonds is 10. The van der Waals surface area contributed by atoms with E-state index >= 15 is 0 Å². The molecule has 0 aromatic heterocycles. The number of nitrogen functional groups attached to an aromatic ring is 2. The molecule has 3 aromatic rings. The van der Waals surface area contributed by atoms with Gasteiger partial charge in [-0.3, -0.25) is 5.41 Å². The summed E-state index contributed by atoms with van der Waals surface area (Å²) in [5, 5.41) is 29.7. The third kappa shape index (κ3) is 5.52. The fraction of sp³-hybridized carbons (Fsp3) is 0.167. The van der Waals surface area contributed by atoms with E-state index in [4.69, 9.17) is 26.4 Å². The molecule has 3 aromatic carbocycles. The second-order valence-electron chi connectivity index (χ2n) is 7.19. The lowest BCUT2D eigenvalue weighted by atomic mass is 9.97. The lowest BCUT2D eigenvalue weighted by molar-refractivity contribution is -0.138. The summed E-state index contributed by atoms with van der Waals surface area (Å²) >= 11 is 0. The minimum Gasteiger partial charge on any atom is -0.496 e. The molecule has 0 fully saturated rings. The first kappa shape index (κ1) is 23.4. The fourth-order valence-corrected chi connectivity index (χ4v) is 3.37. The number of aliphatic carboxylic acids is 1. The molecule has 0 amide bonds. The molecule has 1 atom stereocenters. The highest BCUT2D eigenvalue weighted by Gasteiger charge is 2.26. The normalized spacial score (nSPS) is 11.5. The topological polar surface area (TPSA) is 164 Å². The molecule has 0 radical (unpaired) electrons. The predicted octanol–water partition coefficient (Wildman–Crippen LogP) is 2.84. The van der Waals surface area contributed by atoms with Crippen LogP contribution in [0, 0.1) is 5.41 Å². The summed E-state index contributed by atoms with van der Waals surface area (Å²) in [5.41, 5.74) is 14.8. The second-order valence-corrected chi connectivity index (χ2v) is 7.19. The average molecular weight is 450 g/mol. The molecule has 0 saturated carbocycles. The van der Waals surface area contributed by atoms with Gasteiger partial charge in [-0.25, -0.2) is 4.79 Å². The molecule has 172 valence electrons. The quantitative estimate of drug-likeness (QED) is 0.156. The summed E-state index contributed by atoms with van der Waals surface area (Å²) in [6.45, 7) is -0.258. The Hall–Kier alpha value is -4.24. The number of methoxy groups -OCH3 is 1. The molecule has 0 aliphatic rings. The van der Waals surface area contributed by atoms with Crippen LogP contribution >= 0.6 is 0 Å². The van der Waals surface area contributed by atoms with Crippen LogP contribution < -0.4 is 26.3 Å². The van der Waals surface area contributed by atoms with Gasteiger partial charge in [-0.1, -0.05) is 12.1 Å². The molecule has 3 rings (SSSR count). The number of aliphatic hydroxyl groups is 1. The molecule has 0 saturated heterocycles. The standard InChI is InChI=1S/C24H26N4O5/c1-32-20-13-19(22(24(30)31)28-17-7-5-14(6-8-17)23(26)27)21(33-10-9-29)12-18(20)15-3-2-4-16(25)11-15/h2-8,11-13,22,28-29H,9-10,25H2,1H3,(H3,26,27)(H,30,31). The monoisotopic (exact) mass is 450 g/mol. The summed E-state index contributed by atoms with van der Waals surface area (Å²) in [6, 6.07) is 15.8. The van der Waals surface area contributed by atoms with Gasteiger partial charge in [-0.2, -0.15) is 0 Å². The van der Waals surface area contributed by atoms with E-state index in [9.17, 15) is 15.0 Å². The van der Waals surface area contributed by atoms with Crippen molar-refractivity contribution in [1.29, 1.82) is 5.41 Å². The van der Waals surface area contributed by atoms with Crippen LogP contribution in [-0.2, 0) is 4.79 Å². The first-order valence-corrected chi connectivity index (χ1v) is 10.1. The molecule has 1 unspecified atom stereocenters. The second kappa shape index (κ2) is 10.4. The lowest BCUT2D eigenvalue weighted by Gasteiger charge is -2.22. The summed E-state index contributed by atoms with van der Waals surface area (Å²) in [6.07, 6.45) is 0. The van der Waals surface area contributed by atoms with Crippen molar-refractivity contribution in [2.45, 2.75) is 6.04 Å². The number of aliphatic hydroxyl groups excluding tert-OH is 1. The Morgan fingerprint density at radius 2 is 1.85 bits per heavy atom. The molecule has 0 aliphatic heterocycles. The minimum atomic E-state index is -1.19. The van der Waals surface area contributed by atoms with Gasteiger partial charge >= 0.3 is 5.97 Å². The highest BCUT2D eigenvalue weighted by Crippen LogP contribution is 2.40. The SMILES string of the molecule is COc1cc(C(Nc2ccc(C(=N)N)cc2)C(=O)O)c(OCCO)cc1-c1cccc(N)c1. The van der Waals surface area contributed by atoms with Crippen molar-refractivity contribution in [3.8, 4) is 22.6 Å². The Morgan fingerprint density at radius 1 is 1.12 bits per heavy atom. The van der Waals surface area contributed by atoms with E-state index in [1.54, 1.807) is 54.6 Å². The molecule has 0 spiro atoms. The van der Waals surface area contributed by atoms with Gasteiger partial charge < -0.3 is 36.5 Å². The van der Waals surface area contributed by atoms with E-state index in [1.807, 2.05) is 6.07 Å². The summed E-state index contributed by atoms with van der Waals surface area (Å²) < 4.78 is 11.3. The molecule has 9 nitrogen and oxygen atoms in total. The van der Waals surface area contributed by atoms with Gasteiger partial charge in [0.1, 0.15) is 23.9 Å². The maximum absolute atomic E-state index is 12.2. The van der Waals surface area contributed by atoms with Crippen molar-refractivity contribution in [3.05, 3.63) is 71.8 Å². The molecule has 9 heteroatoms. The van der Waals surface area contributed by atoms with Crippen LogP contribution in [0.4, 0.5) is 11.4 Å². The van der Waals surface area contributed by atoms with Crippen molar-refractivity contribution in [1.82, 2.24) is 0 Å². The Morgan fingerprint density at radius 3 is 2.42 bits per heavy atom. The number of nitrogens with two attached hydrogens (primary N) is 2. The van der Waals surface area contributed by atoms with Crippen molar-refractivity contribution < 1.29 is 24.5 Å².